The number of hydrogen-bond acceptors (Lipinski definition) is 1. The molecule has 3 atom stereocenters. The minimum Gasteiger partial charge on any atom is -0.313 e. The molecule has 1 saturated carbocycles. The van der Waals surface area contributed by atoms with Crippen LogP contribution >= 0.6 is 11.6 Å². The summed E-state index contributed by atoms with van der Waals surface area (Å²) in [5, 5.41) is 4.34. The fraction of sp³-hybridized carbons (Fsp3) is 0.647. The molecule has 1 aliphatic carbocycles. The monoisotopic (exact) mass is 297 g/mol. The van der Waals surface area contributed by atoms with Gasteiger partial charge in [0, 0.05) is 11.1 Å². The van der Waals surface area contributed by atoms with Gasteiger partial charge in [-0.25, -0.2) is 4.39 Å². The van der Waals surface area contributed by atoms with E-state index < -0.39 is 0 Å². The highest BCUT2D eigenvalue weighted by atomic mass is 35.5. The molecular weight excluding hydrogens is 273 g/mol. The normalized spacial score (nSPS) is 24.0. The first-order valence-electron chi connectivity index (χ1n) is 7.79. The van der Waals surface area contributed by atoms with Crippen LogP contribution in [0.3, 0.4) is 0 Å². The van der Waals surface area contributed by atoms with Crippen LogP contribution in [0.5, 0.6) is 0 Å². The highest BCUT2D eigenvalue weighted by Crippen LogP contribution is 2.35. The molecule has 1 aromatic rings. The summed E-state index contributed by atoms with van der Waals surface area (Å²) in [5.74, 6) is 1.23. The Bertz CT molecular complexity index is 435. The molecule has 0 heterocycles. The fourth-order valence-electron chi connectivity index (χ4n) is 3.41. The Balaban J connectivity index is 2.12. The molecule has 1 nitrogen and oxygen atoms in total. The van der Waals surface area contributed by atoms with Crippen molar-refractivity contribution in [2.75, 3.05) is 6.54 Å². The molecule has 0 radical (unpaired) electrons. The molecule has 0 amide bonds. The number of halogens is 2. The van der Waals surface area contributed by atoms with Crippen molar-refractivity contribution in [1.82, 2.24) is 5.32 Å². The molecule has 0 bridgehead atoms. The third-order valence-corrected chi connectivity index (χ3v) is 4.92. The Morgan fingerprint density at radius 2 is 2.20 bits per heavy atom. The maximum Gasteiger partial charge on any atom is 0.123 e. The van der Waals surface area contributed by atoms with Crippen LogP contribution in [0.4, 0.5) is 4.39 Å². The molecule has 0 aliphatic heterocycles. The Kier molecular flexibility index (Phi) is 5.86. The molecule has 1 aliphatic rings. The minimum absolute atomic E-state index is 0.196. The molecule has 0 spiro atoms. The van der Waals surface area contributed by atoms with E-state index in [1.165, 1.54) is 25.3 Å². The quantitative estimate of drug-likeness (QED) is 0.793. The second kappa shape index (κ2) is 7.42. The van der Waals surface area contributed by atoms with Gasteiger partial charge in [-0.1, -0.05) is 38.3 Å². The lowest BCUT2D eigenvalue weighted by Gasteiger charge is -2.28. The average Bonchev–Trinajstić information content (AvgIpc) is 2.84. The van der Waals surface area contributed by atoms with Gasteiger partial charge in [-0.3, -0.25) is 0 Å². The van der Waals surface area contributed by atoms with Gasteiger partial charge in [0.1, 0.15) is 5.82 Å². The smallest absolute Gasteiger partial charge is 0.123 e. The van der Waals surface area contributed by atoms with E-state index in [0.29, 0.717) is 17.0 Å². The van der Waals surface area contributed by atoms with Crippen LogP contribution in [0.25, 0.3) is 0 Å². The lowest BCUT2D eigenvalue weighted by atomic mass is 9.86. The molecule has 1 aromatic carbocycles. The largest absolute Gasteiger partial charge is 0.313 e. The van der Waals surface area contributed by atoms with Crippen LogP contribution in [-0.2, 0) is 6.42 Å². The van der Waals surface area contributed by atoms with E-state index in [-0.39, 0.29) is 5.82 Å². The van der Waals surface area contributed by atoms with Gasteiger partial charge < -0.3 is 5.32 Å². The Hall–Kier alpha value is -0.600. The van der Waals surface area contributed by atoms with E-state index in [0.717, 1.165) is 30.9 Å². The second-order valence-corrected chi connectivity index (χ2v) is 6.48. The maximum absolute atomic E-state index is 13.4. The first-order chi connectivity index (χ1) is 9.61. The summed E-state index contributed by atoms with van der Waals surface area (Å²) in [6, 6.07) is 5.09. The van der Waals surface area contributed by atoms with Crippen molar-refractivity contribution in [3.63, 3.8) is 0 Å². The van der Waals surface area contributed by atoms with Gasteiger partial charge in [-0.15, -0.1) is 0 Å². The topological polar surface area (TPSA) is 12.0 Å². The van der Waals surface area contributed by atoms with Gasteiger partial charge in [0.15, 0.2) is 0 Å². The first-order valence-corrected chi connectivity index (χ1v) is 8.17. The number of nitrogens with one attached hydrogen (secondary N) is 1. The van der Waals surface area contributed by atoms with Gasteiger partial charge in [-0.2, -0.15) is 0 Å². The highest BCUT2D eigenvalue weighted by Gasteiger charge is 2.30. The molecule has 112 valence electrons. The zero-order valence-electron chi connectivity index (χ0n) is 12.5. The number of hydrogen-bond donors (Lipinski definition) is 1. The summed E-state index contributed by atoms with van der Waals surface area (Å²) in [6.45, 7) is 5.53. The second-order valence-electron chi connectivity index (χ2n) is 6.07. The highest BCUT2D eigenvalue weighted by molar-refractivity contribution is 6.31. The lowest BCUT2D eigenvalue weighted by molar-refractivity contribution is 0.295. The van der Waals surface area contributed by atoms with E-state index in [4.69, 9.17) is 11.6 Å². The molecule has 1 N–H and O–H groups in total. The summed E-state index contributed by atoms with van der Waals surface area (Å²) >= 11 is 6.22. The summed E-state index contributed by atoms with van der Waals surface area (Å²) in [4.78, 5) is 0. The van der Waals surface area contributed by atoms with Crippen LogP contribution in [0.15, 0.2) is 18.2 Å². The van der Waals surface area contributed by atoms with Crippen LogP contribution in [0.1, 0.15) is 45.1 Å². The van der Waals surface area contributed by atoms with Crippen molar-refractivity contribution in [1.29, 1.82) is 0 Å². The van der Waals surface area contributed by atoms with Crippen LogP contribution in [0.2, 0.25) is 5.02 Å². The molecule has 2 rings (SSSR count). The molecule has 3 heteroatoms. The van der Waals surface area contributed by atoms with Crippen molar-refractivity contribution in [3.05, 3.63) is 34.6 Å². The SMILES string of the molecule is CCCNC(Cc1cc(F)ccc1Cl)C1CCCC1C. The van der Waals surface area contributed by atoms with Gasteiger partial charge >= 0.3 is 0 Å². The van der Waals surface area contributed by atoms with Crippen molar-refractivity contribution in [3.8, 4) is 0 Å². The molecule has 3 unspecified atom stereocenters. The zero-order valence-corrected chi connectivity index (χ0v) is 13.2. The summed E-state index contributed by atoms with van der Waals surface area (Å²) in [5.41, 5.74) is 0.930. The van der Waals surface area contributed by atoms with E-state index in [2.05, 4.69) is 19.2 Å². The minimum atomic E-state index is -0.196. The average molecular weight is 298 g/mol. The Morgan fingerprint density at radius 1 is 1.40 bits per heavy atom. The van der Waals surface area contributed by atoms with Crippen molar-refractivity contribution in [2.24, 2.45) is 11.8 Å². The van der Waals surface area contributed by atoms with Gasteiger partial charge in [0.05, 0.1) is 0 Å². The van der Waals surface area contributed by atoms with Crippen LogP contribution in [0, 0.1) is 17.7 Å². The predicted octanol–water partition coefficient (Wildman–Crippen LogP) is 4.83. The maximum atomic E-state index is 13.4. The molecule has 0 saturated heterocycles. The number of benzene rings is 1. The van der Waals surface area contributed by atoms with Crippen molar-refractivity contribution >= 4 is 11.6 Å². The predicted molar refractivity (Wildman–Crippen MR) is 83.7 cm³/mol. The first kappa shape index (κ1) is 15.8. The lowest BCUT2D eigenvalue weighted by Crippen LogP contribution is -2.39. The van der Waals surface area contributed by atoms with E-state index in [1.807, 2.05) is 0 Å². The van der Waals surface area contributed by atoms with Crippen LogP contribution < -0.4 is 5.32 Å². The van der Waals surface area contributed by atoms with Gasteiger partial charge in [-0.05, 0) is 61.4 Å². The Labute approximate surface area is 126 Å². The van der Waals surface area contributed by atoms with Crippen LogP contribution in [-0.4, -0.2) is 12.6 Å². The van der Waals surface area contributed by atoms with Crippen molar-refractivity contribution in [2.45, 2.75) is 52.0 Å². The fourth-order valence-corrected chi connectivity index (χ4v) is 3.61. The van der Waals surface area contributed by atoms with Crippen molar-refractivity contribution < 1.29 is 4.39 Å². The van der Waals surface area contributed by atoms with E-state index in [1.54, 1.807) is 12.1 Å². The van der Waals surface area contributed by atoms with E-state index >= 15 is 0 Å². The zero-order chi connectivity index (χ0) is 14.5. The van der Waals surface area contributed by atoms with Gasteiger partial charge in [0.25, 0.3) is 0 Å². The molecule has 1 fully saturated rings. The molecule has 0 aromatic heterocycles. The standard InChI is InChI=1S/C17H25ClFN/c1-3-9-20-17(15-6-4-5-12(15)2)11-13-10-14(19)7-8-16(13)18/h7-8,10,12,15,17,20H,3-6,9,11H2,1-2H3. The third-order valence-electron chi connectivity index (χ3n) is 4.55. The molecule has 20 heavy (non-hydrogen) atoms. The summed E-state index contributed by atoms with van der Waals surface area (Å²) in [6.07, 6.45) is 5.84. The van der Waals surface area contributed by atoms with Gasteiger partial charge in [0.2, 0.25) is 0 Å². The van der Waals surface area contributed by atoms with E-state index in [9.17, 15) is 4.39 Å². The summed E-state index contributed by atoms with van der Waals surface area (Å²) < 4.78 is 13.4. The Morgan fingerprint density at radius 3 is 2.85 bits per heavy atom. The summed E-state index contributed by atoms with van der Waals surface area (Å²) in [7, 11) is 0. The number of rotatable bonds is 6. The molecular formula is C17H25ClFN. The third kappa shape index (κ3) is 3.95.